The van der Waals surface area contributed by atoms with Gasteiger partial charge >= 0.3 is 0 Å². The second-order valence-corrected chi connectivity index (χ2v) is 9.19. The summed E-state index contributed by atoms with van der Waals surface area (Å²) in [6.07, 6.45) is 3.32. The number of benzene rings is 1. The molecule has 4 rings (SSSR count). The second-order valence-electron chi connectivity index (χ2n) is 6.45. The molecule has 1 N–H and O–H groups in total. The molecule has 3 heterocycles. The van der Waals surface area contributed by atoms with Crippen LogP contribution >= 0.6 is 35.3 Å². The van der Waals surface area contributed by atoms with E-state index >= 15 is 0 Å². The average molecular weight is 463 g/mol. The summed E-state index contributed by atoms with van der Waals surface area (Å²) in [5, 5.41) is 12.0. The van der Waals surface area contributed by atoms with Gasteiger partial charge in [-0.05, 0) is 36.6 Å². The molecule has 2 aliphatic rings. The Morgan fingerprint density at radius 1 is 1.33 bits per heavy atom. The molecule has 8 nitrogen and oxygen atoms in total. The summed E-state index contributed by atoms with van der Waals surface area (Å²) in [6, 6.07) is 5.51. The van der Waals surface area contributed by atoms with Crippen molar-refractivity contribution in [3.63, 3.8) is 0 Å². The van der Waals surface area contributed by atoms with Crippen LogP contribution in [0.4, 0.5) is 5.13 Å². The summed E-state index contributed by atoms with van der Waals surface area (Å²) < 4.78 is 11.2. The Morgan fingerprint density at radius 2 is 2.17 bits per heavy atom. The van der Waals surface area contributed by atoms with Gasteiger partial charge in [0.1, 0.15) is 9.33 Å². The monoisotopic (exact) mass is 462 g/mol. The van der Waals surface area contributed by atoms with E-state index < -0.39 is 0 Å². The quantitative estimate of drug-likeness (QED) is 0.494. The fourth-order valence-electron chi connectivity index (χ4n) is 2.87. The zero-order chi connectivity index (χ0) is 21.1. The lowest BCUT2D eigenvalue weighted by atomic mass is 10.2. The normalized spacial score (nSPS) is 16.6. The number of nitrogens with one attached hydrogen (secondary N) is 1. The standard InChI is InChI=1S/C19H18N4O4S3/c1-2-16-21-22-18(30-16)20-15(24)4-3-7-23-17(25)14(29-19(23)28)9-11-5-6-12-13(8-11)27-10-26-12/h5-6,8-9H,2-4,7,10H2,1H3,(H,20,22,24). The Bertz CT molecular complexity index is 1040. The summed E-state index contributed by atoms with van der Waals surface area (Å²) >= 11 is 7.97. The van der Waals surface area contributed by atoms with Crippen LogP contribution in [0.3, 0.4) is 0 Å². The smallest absolute Gasteiger partial charge is 0.266 e. The molecule has 0 aliphatic carbocycles. The first-order chi connectivity index (χ1) is 14.5. The molecule has 1 aromatic carbocycles. The Balaban J connectivity index is 1.31. The number of fused-ring (bicyclic) bond motifs is 1. The molecule has 0 saturated carbocycles. The minimum atomic E-state index is -0.157. The van der Waals surface area contributed by atoms with Crippen LogP contribution in [0.15, 0.2) is 23.1 Å². The van der Waals surface area contributed by atoms with Crippen molar-refractivity contribution in [3.8, 4) is 11.5 Å². The van der Waals surface area contributed by atoms with Gasteiger partial charge in [-0.15, -0.1) is 10.2 Å². The van der Waals surface area contributed by atoms with Gasteiger partial charge in [0, 0.05) is 13.0 Å². The van der Waals surface area contributed by atoms with Crippen LogP contribution in [0.2, 0.25) is 0 Å². The van der Waals surface area contributed by atoms with Gasteiger partial charge in [0.25, 0.3) is 5.91 Å². The Kier molecular flexibility index (Phi) is 6.30. The highest BCUT2D eigenvalue weighted by molar-refractivity contribution is 8.26. The molecule has 2 aromatic rings. The largest absolute Gasteiger partial charge is 0.454 e. The number of carbonyl (C=O) groups excluding carboxylic acids is 2. The number of amides is 2. The minimum Gasteiger partial charge on any atom is -0.454 e. The number of aromatic nitrogens is 2. The van der Waals surface area contributed by atoms with Crippen LogP contribution in [0.25, 0.3) is 6.08 Å². The van der Waals surface area contributed by atoms with Crippen molar-refractivity contribution in [1.29, 1.82) is 0 Å². The van der Waals surface area contributed by atoms with Crippen LogP contribution in [0, 0.1) is 0 Å². The van der Waals surface area contributed by atoms with E-state index in [1.54, 1.807) is 6.08 Å². The number of rotatable bonds is 7. The molecule has 30 heavy (non-hydrogen) atoms. The molecule has 1 saturated heterocycles. The van der Waals surface area contributed by atoms with E-state index in [0.717, 1.165) is 17.0 Å². The maximum absolute atomic E-state index is 12.7. The average Bonchev–Trinajstić information content (AvgIpc) is 3.43. The SMILES string of the molecule is CCc1nnc(NC(=O)CCCN2C(=O)C(=Cc3ccc4c(c3)OCO4)SC2=S)s1. The van der Waals surface area contributed by atoms with Crippen molar-refractivity contribution in [1.82, 2.24) is 15.1 Å². The molecule has 0 unspecified atom stereocenters. The van der Waals surface area contributed by atoms with E-state index in [2.05, 4.69) is 15.5 Å². The number of hydrogen-bond acceptors (Lipinski definition) is 9. The molecule has 0 radical (unpaired) electrons. The number of aryl methyl sites for hydroxylation is 1. The Hall–Kier alpha value is -2.50. The number of thiocarbonyl (C=S) groups is 1. The lowest BCUT2D eigenvalue weighted by Gasteiger charge is -2.13. The first-order valence-corrected chi connectivity index (χ1v) is 11.3. The maximum Gasteiger partial charge on any atom is 0.266 e. The van der Waals surface area contributed by atoms with Gasteiger partial charge < -0.3 is 14.8 Å². The van der Waals surface area contributed by atoms with E-state index in [4.69, 9.17) is 21.7 Å². The molecule has 1 fully saturated rings. The van der Waals surface area contributed by atoms with Gasteiger partial charge in [-0.1, -0.05) is 48.3 Å². The van der Waals surface area contributed by atoms with Crippen molar-refractivity contribution in [2.75, 3.05) is 18.7 Å². The number of ether oxygens (including phenoxy) is 2. The molecule has 0 spiro atoms. The second kappa shape index (κ2) is 9.11. The van der Waals surface area contributed by atoms with Crippen LogP contribution in [0.1, 0.15) is 30.3 Å². The van der Waals surface area contributed by atoms with E-state index in [1.165, 1.54) is 28.0 Å². The highest BCUT2D eigenvalue weighted by atomic mass is 32.2. The van der Waals surface area contributed by atoms with Crippen LogP contribution in [0.5, 0.6) is 11.5 Å². The lowest BCUT2D eigenvalue weighted by Crippen LogP contribution is -2.29. The lowest BCUT2D eigenvalue weighted by molar-refractivity contribution is -0.122. The van der Waals surface area contributed by atoms with Crippen LogP contribution in [-0.4, -0.2) is 44.6 Å². The summed E-state index contributed by atoms with van der Waals surface area (Å²) in [5.41, 5.74) is 0.836. The first-order valence-electron chi connectivity index (χ1n) is 9.30. The molecule has 2 aliphatic heterocycles. The van der Waals surface area contributed by atoms with Crippen molar-refractivity contribution < 1.29 is 19.1 Å². The molecule has 11 heteroatoms. The molecular formula is C19H18N4O4S3. The van der Waals surface area contributed by atoms with E-state index in [0.29, 0.717) is 38.8 Å². The van der Waals surface area contributed by atoms with Crippen LogP contribution in [-0.2, 0) is 16.0 Å². The number of anilines is 1. The van der Waals surface area contributed by atoms with Crippen molar-refractivity contribution >= 4 is 62.7 Å². The van der Waals surface area contributed by atoms with Gasteiger partial charge in [-0.25, -0.2) is 0 Å². The third-order valence-electron chi connectivity index (χ3n) is 4.37. The van der Waals surface area contributed by atoms with Gasteiger partial charge in [-0.2, -0.15) is 0 Å². The molecule has 1 aromatic heterocycles. The molecular weight excluding hydrogens is 444 g/mol. The van der Waals surface area contributed by atoms with Crippen molar-refractivity contribution in [2.24, 2.45) is 0 Å². The van der Waals surface area contributed by atoms with E-state index in [1.807, 2.05) is 25.1 Å². The zero-order valence-electron chi connectivity index (χ0n) is 16.0. The number of hydrogen-bond donors (Lipinski definition) is 1. The summed E-state index contributed by atoms with van der Waals surface area (Å²) in [4.78, 5) is 26.9. The third-order valence-corrected chi connectivity index (χ3v) is 6.73. The third kappa shape index (κ3) is 4.63. The topological polar surface area (TPSA) is 93.7 Å². The fraction of sp³-hybridized carbons (Fsp3) is 0.316. The Labute approximate surface area is 186 Å². The van der Waals surface area contributed by atoms with Gasteiger partial charge in [-0.3, -0.25) is 14.5 Å². The predicted molar refractivity (Wildman–Crippen MR) is 120 cm³/mol. The van der Waals surface area contributed by atoms with Gasteiger partial charge in [0.15, 0.2) is 11.5 Å². The fourth-order valence-corrected chi connectivity index (χ4v) is 4.88. The van der Waals surface area contributed by atoms with E-state index in [-0.39, 0.29) is 25.0 Å². The number of carbonyl (C=O) groups is 2. The van der Waals surface area contributed by atoms with Crippen molar-refractivity contribution in [3.05, 3.63) is 33.7 Å². The highest BCUT2D eigenvalue weighted by Gasteiger charge is 2.31. The van der Waals surface area contributed by atoms with Crippen LogP contribution < -0.4 is 14.8 Å². The highest BCUT2D eigenvalue weighted by Crippen LogP contribution is 2.36. The van der Waals surface area contributed by atoms with Gasteiger partial charge in [0.05, 0.1) is 4.91 Å². The first kappa shape index (κ1) is 20.8. The predicted octanol–water partition coefficient (Wildman–Crippen LogP) is 3.45. The van der Waals surface area contributed by atoms with E-state index in [9.17, 15) is 9.59 Å². The molecule has 0 bridgehead atoms. The Morgan fingerprint density at radius 3 is 2.97 bits per heavy atom. The summed E-state index contributed by atoms with van der Waals surface area (Å²) in [7, 11) is 0. The summed E-state index contributed by atoms with van der Waals surface area (Å²) in [5.74, 6) is 1.04. The molecule has 2 amide bonds. The molecule has 156 valence electrons. The van der Waals surface area contributed by atoms with Crippen molar-refractivity contribution in [2.45, 2.75) is 26.2 Å². The number of nitrogens with zero attached hydrogens (tertiary/aromatic N) is 3. The zero-order valence-corrected chi connectivity index (χ0v) is 18.5. The molecule has 0 atom stereocenters. The summed E-state index contributed by atoms with van der Waals surface area (Å²) in [6.45, 7) is 2.56. The minimum absolute atomic E-state index is 0.153. The van der Waals surface area contributed by atoms with Gasteiger partial charge in [0.2, 0.25) is 17.8 Å². The maximum atomic E-state index is 12.7. The number of thioether (sulfide) groups is 1.